The minimum atomic E-state index is -0.0286. The Kier molecular flexibility index (Phi) is 5.08. The zero-order valence-corrected chi connectivity index (χ0v) is 12.5. The first kappa shape index (κ1) is 14.6. The van der Waals surface area contributed by atoms with E-state index in [1.54, 1.807) is 18.2 Å². The van der Waals surface area contributed by atoms with Gasteiger partial charge in [-0.05, 0) is 25.0 Å². The fourth-order valence-electron chi connectivity index (χ4n) is 2.59. The van der Waals surface area contributed by atoms with Crippen molar-refractivity contribution in [3.8, 4) is 0 Å². The summed E-state index contributed by atoms with van der Waals surface area (Å²) in [5.41, 5.74) is 0.514. The molecule has 0 bridgehead atoms. The molecule has 1 amide bonds. The van der Waals surface area contributed by atoms with E-state index in [1.807, 2.05) is 0 Å². The summed E-state index contributed by atoms with van der Waals surface area (Å²) in [6.45, 7) is 4.84. The molecule has 3 nitrogen and oxygen atoms in total. The van der Waals surface area contributed by atoms with Crippen molar-refractivity contribution >= 4 is 34.8 Å². The van der Waals surface area contributed by atoms with Crippen LogP contribution in [0.5, 0.6) is 0 Å². The van der Waals surface area contributed by atoms with E-state index in [-0.39, 0.29) is 5.91 Å². The van der Waals surface area contributed by atoms with Crippen molar-refractivity contribution in [1.29, 1.82) is 0 Å². The van der Waals surface area contributed by atoms with Crippen molar-refractivity contribution in [3.63, 3.8) is 0 Å². The number of hydrogen-bond acceptors (Lipinski definition) is 1. The summed E-state index contributed by atoms with van der Waals surface area (Å²) in [7, 11) is 0. The van der Waals surface area contributed by atoms with Crippen molar-refractivity contribution in [2.45, 2.75) is 19.8 Å². The van der Waals surface area contributed by atoms with Gasteiger partial charge in [0.25, 0.3) is 5.91 Å². The first-order valence-corrected chi connectivity index (χ1v) is 7.39. The van der Waals surface area contributed by atoms with Gasteiger partial charge in [0.15, 0.2) is 6.54 Å². The highest BCUT2D eigenvalue weighted by atomic mass is 35.5. The van der Waals surface area contributed by atoms with Gasteiger partial charge >= 0.3 is 0 Å². The Hall–Kier alpha value is -0.770. The smallest absolute Gasteiger partial charge is 0.279 e. The summed E-state index contributed by atoms with van der Waals surface area (Å²) in [6.07, 6.45) is 2.46. The lowest BCUT2D eigenvalue weighted by atomic mass is 10.0. The Morgan fingerprint density at radius 3 is 2.74 bits per heavy atom. The topological polar surface area (TPSA) is 33.5 Å². The summed E-state index contributed by atoms with van der Waals surface area (Å²) in [5, 5.41) is 3.77. The maximum atomic E-state index is 12.0. The molecule has 1 aromatic carbocycles. The lowest BCUT2D eigenvalue weighted by Crippen LogP contribution is -3.14. The molecule has 0 aliphatic carbocycles. The van der Waals surface area contributed by atoms with Gasteiger partial charge in [0, 0.05) is 5.92 Å². The average Bonchev–Trinajstić information content (AvgIpc) is 2.34. The molecule has 1 heterocycles. The fraction of sp³-hybridized carbons (Fsp3) is 0.500. The summed E-state index contributed by atoms with van der Waals surface area (Å²) in [4.78, 5) is 13.4. The van der Waals surface area contributed by atoms with E-state index >= 15 is 0 Å². The van der Waals surface area contributed by atoms with E-state index in [1.165, 1.54) is 17.7 Å². The highest BCUT2D eigenvalue weighted by Gasteiger charge is 2.22. The molecule has 0 aromatic heterocycles. The van der Waals surface area contributed by atoms with Crippen LogP contribution >= 0.6 is 23.2 Å². The molecule has 1 aliphatic rings. The normalized spacial score (nSPS) is 23.1. The molecule has 1 aliphatic heterocycles. The Labute approximate surface area is 123 Å². The van der Waals surface area contributed by atoms with Crippen LogP contribution in [0.15, 0.2) is 18.2 Å². The van der Waals surface area contributed by atoms with Crippen molar-refractivity contribution in [2.75, 3.05) is 25.0 Å². The highest BCUT2D eigenvalue weighted by Crippen LogP contribution is 2.29. The monoisotopic (exact) mass is 301 g/mol. The van der Waals surface area contributed by atoms with Gasteiger partial charge in [-0.25, -0.2) is 0 Å². The number of carbonyl (C=O) groups is 1. The zero-order chi connectivity index (χ0) is 13.8. The maximum absolute atomic E-state index is 12.0. The summed E-state index contributed by atoms with van der Waals surface area (Å²) in [5.74, 6) is 0.666. The second kappa shape index (κ2) is 6.60. The second-order valence-corrected chi connectivity index (χ2v) is 6.09. The van der Waals surface area contributed by atoms with Gasteiger partial charge in [0.05, 0.1) is 28.8 Å². The second-order valence-electron chi connectivity index (χ2n) is 5.27. The number of piperidine rings is 1. The van der Waals surface area contributed by atoms with Crippen molar-refractivity contribution in [1.82, 2.24) is 0 Å². The third kappa shape index (κ3) is 4.10. The first-order chi connectivity index (χ1) is 9.06. The number of likely N-dealkylation sites (tertiary alicyclic amines) is 1. The van der Waals surface area contributed by atoms with Crippen LogP contribution in [-0.2, 0) is 4.79 Å². The van der Waals surface area contributed by atoms with Crippen molar-refractivity contribution < 1.29 is 9.69 Å². The predicted octanol–water partition coefficient (Wildman–Crippen LogP) is 2.25. The molecule has 0 spiro atoms. The molecule has 1 aromatic rings. The Morgan fingerprint density at radius 1 is 1.42 bits per heavy atom. The summed E-state index contributed by atoms with van der Waals surface area (Å²) < 4.78 is 0. The van der Waals surface area contributed by atoms with Crippen LogP contribution in [-0.4, -0.2) is 25.5 Å². The molecule has 2 N–H and O–H groups in total. The number of quaternary nitrogens is 1. The standard InChI is InChI=1S/C14H18Cl2N2O/c1-10-4-3-7-18(8-10)9-13(19)17-14-11(15)5-2-6-12(14)16/h2,5-6,10H,3-4,7-9H2,1H3,(H,17,19)/p+1/t10-/m0/s1. The SMILES string of the molecule is C[C@H]1CCC[NH+](CC(=O)Nc2c(Cl)cccc2Cl)C1. The van der Waals surface area contributed by atoms with Crippen molar-refractivity contribution in [3.05, 3.63) is 28.2 Å². The predicted molar refractivity (Wildman–Crippen MR) is 79.1 cm³/mol. The van der Waals surface area contributed by atoms with Gasteiger partial charge in [-0.15, -0.1) is 0 Å². The molecule has 1 unspecified atom stereocenters. The van der Waals surface area contributed by atoms with E-state index in [0.29, 0.717) is 28.2 Å². The number of rotatable bonds is 3. The number of halogens is 2. The molecule has 1 saturated heterocycles. The highest BCUT2D eigenvalue weighted by molar-refractivity contribution is 6.39. The van der Waals surface area contributed by atoms with Crippen LogP contribution in [0, 0.1) is 5.92 Å². The van der Waals surface area contributed by atoms with Gasteiger partial charge in [-0.3, -0.25) is 4.79 Å². The third-order valence-corrected chi connectivity index (χ3v) is 4.13. The molecule has 2 rings (SSSR count). The van der Waals surface area contributed by atoms with Crippen molar-refractivity contribution in [2.24, 2.45) is 5.92 Å². The Morgan fingerprint density at radius 2 is 2.11 bits per heavy atom. The number of hydrogen-bond donors (Lipinski definition) is 2. The Bertz CT molecular complexity index is 445. The summed E-state index contributed by atoms with van der Waals surface area (Å²) in [6, 6.07) is 5.20. The van der Waals surface area contributed by atoms with Gasteiger partial charge in [0.1, 0.15) is 0 Å². The number of amides is 1. The molecular formula is C14H19Cl2N2O+. The van der Waals surface area contributed by atoms with Crippen LogP contribution in [0.25, 0.3) is 0 Å². The van der Waals surface area contributed by atoms with Crippen LogP contribution in [0.2, 0.25) is 10.0 Å². The number of nitrogens with one attached hydrogen (secondary N) is 2. The van der Waals surface area contributed by atoms with Gasteiger partial charge in [0.2, 0.25) is 0 Å². The van der Waals surface area contributed by atoms with E-state index in [9.17, 15) is 4.79 Å². The first-order valence-electron chi connectivity index (χ1n) is 6.63. The minimum absolute atomic E-state index is 0.0286. The molecule has 19 heavy (non-hydrogen) atoms. The van der Waals surface area contributed by atoms with Gasteiger partial charge in [-0.2, -0.15) is 0 Å². The van der Waals surface area contributed by atoms with Crippen LogP contribution in [0.4, 0.5) is 5.69 Å². The Balaban J connectivity index is 1.94. The third-order valence-electron chi connectivity index (χ3n) is 3.50. The quantitative estimate of drug-likeness (QED) is 0.882. The molecule has 5 heteroatoms. The van der Waals surface area contributed by atoms with Crippen LogP contribution in [0.3, 0.4) is 0 Å². The molecule has 0 saturated carbocycles. The lowest BCUT2D eigenvalue weighted by Gasteiger charge is -2.27. The molecule has 1 fully saturated rings. The fourth-order valence-corrected chi connectivity index (χ4v) is 3.08. The minimum Gasteiger partial charge on any atom is -0.327 e. The molecule has 2 atom stereocenters. The van der Waals surface area contributed by atoms with Crippen LogP contribution in [0.1, 0.15) is 19.8 Å². The molecular weight excluding hydrogens is 283 g/mol. The van der Waals surface area contributed by atoms with E-state index < -0.39 is 0 Å². The number of para-hydroxylation sites is 1. The average molecular weight is 302 g/mol. The number of carbonyl (C=O) groups excluding carboxylic acids is 1. The molecule has 104 valence electrons. The number of anilines is 1. The van der Waals surface area contributed by atoms with Crippen LogP contribution < -0.4 is 10.2 Å². The maximum Gasteiger partial charge on any atom is 0.279 e. The zero-order valence-electron chi connectivity index (χ0n) is 11.0. The van der Waals surface area contributed by atoms with E-state index in [2.05, 4.69) is 12.2 Å². The number of benzene rings is 1. The molecule has 0 radical (unpaired) electrons. The van der Waals surface area contributed by atoms with E-state index in [4.69, 9.17) is 23.2 Å². The summed E-state index contributed by atoms with van der Waals surface area (Å²) >= 11 is 12.1. The lowest BCUT2D eigenvalue weighted by molar-refractivity contribution is -0.900. The van der Waals surface area contributed by atoms with Gasteiger partial charge < -0.3 is 10.2 Å². The van der Waals surface area contributed by atoms with E-state index in [0.717, 1.165) is 13.1 Å². The van der Waals surface area contributed by atoms with Gasteiger partial charge in [-0.1, -0.05) is 36.2 Å². The largest absolute Gasteiger partial charge is 0.327 e.